The minimum atomic E-state index is 0.612. The summed E-state index contributed by atoms with van der Waals surface area (Å²) in [4.78, 5) is 10.5. The van der Waals surface area contributed by atoms with Gasteiger partial charge < -0.3 is 8.98 Å². The van der Waals surface area contributed by atoms with Crippen molar-refractivity contribution in [3.05, 3.63) is 200 Å². The molecule has 0 spiro atoms. The fourth-order valence-electron chi connectivity index (χ4n) is 8.25. The number of para-hydroxylation sites is 3. The van der Waals surface area contributed by atoms with Gasteiger partial charge in [-0.2, -0.15) is 5.26 Å². The summed E-state index contributed by atoms with van der Waals surface area (Å²) in [6.45, 7) is 0. The molecule has 0 aliphatic heterocycles. The van der Waals surface area contributed by atoms with Crippen molar-refractivity contribution < 1.29 is 4.42 Å². The Hall–Kier alpha value is -8.07. The summed E-state index contributed by atoms with van der Waals surface area (Å²) in [6, 6.07) is 69.1. The van der Waals surface area contributed by atoms with E-state index in [1.54, 1.807) is 0 Å². The zero-order valence-electron chi connectivity index (χ0n) is 31.2. The molecule has 0 unspecified atom stereocenters. The maximum absolute atomic E-state index is 9.63. The number of rotatable bonds is 6. The van der Waals surface area contributed by atoms with Crippen LogP contribution in [0.2, 0.25) is 0 Å². The molecular weight excluding hydrogens is 709 g/mol. The van der Waals surface area contributed by atoms with Crippen LogP contribution in [0.1, 0.15) is 5.56 Å². The second kappa shape index (κ2) is 13.6. The summed E-state index contributed by atoms with van der Waals surface area (Å²) >= 11 is 0. The van der Waals surface area contributed by atoms with E-state index in [4.69, 9.17) is 14.4 Å². The molecule has 11 rings (SSSR count). The first-order chi connectivity index (χ1) is 28.7. The third-order valence-electron chi connectivity index (χ3n) is 11.0. The molecule has 0 aliphatic rings. The van der Waals surface area contributed by atoms with E-state index in [2.05, 4.69) is 132 Å². The number of fused-ring (bicyclic) bond motifs is 6. The number of nitrogens with zero attached hydrogens (tertiary/aromatic N) is 4. The van der Waals surface area contributed by atoms with Crippen molar-refractivity contribution >= 4 is 43.7 Å². The topological polar surface area (TPSA) is 67.6 Å². The molecule has 0 atom stereocenters. The maximum Gasteiger partial charge on any atom is 0.160 e. The highest BCUT2D eigenvalue weighted by Crippen LogP contribution is 2.41. The van der Waals surface area contributed by atoms with Crippen LogP contribution >= 0.6 is 0 Å². The molecular formula is C53H32N4O. The van der Waals surface area contributed by atoms with E-state index in [1.807, 2.05) is 72.8 Å². The second-order valence-electron chi connectivity index (χ2n) is 14.5. The molecule has 0 aliphatic carbocycles. The molecule has 270 valence electrons. The highest BCUT2D eigenvalue weighted by atomic mass is 16.3. The molecule has 0 fully saturated rings. The van der Waals surface area contributed by atoms with Gasteiger partial charge in [-0.1, -0.05) is 140 Å². The quantitative estimate of drug-likeness (QED) is 0.170. The lowest BCUT2D eigenvalue weighted by Crippen LogP contribution is -1.99. The Kier molecular flexibility index (Phi) is 7.80. The molecule has 3 aromatic heterocycles. The maximum atomic E-state index is 9.63. The normalized spacial score (nSPS) is 11.4. The van der Waals surface area contributed by atoms with Crippen LogP contribution in [0.3, 0.4) is 0 Å². The van der Waals surface area contributed by atoms with Gasteiger partial charge in [-0.15, -0.1) is 0 Å². The van der Waals surface area contributed by atoms with Gasteiger partial charge in [0.1, 0.15) is 11.2 Å². The lowest BCUT2D eigenvalue weighted by Gasteiger charge is -2.15. The average molecular weight is 741 g/mol. The molecule has 3 heterocycles. The van der Waals surface area contributed by atoms with Gasteiger partial charge in [-0.25, -0.2) is 9.97 Å². The highest BCUT2D eigenvalue weighted by molar-refractivity contribution is 6.13. The summed E-state index contributed by atoms with van der Waals surface area (Å²) in [6.07, 6.45) is 0. The molecule has 5 heteroatoms. The largest absolute Gasteiger partial charge is 0.455 e. The molecule has 0 saturated carbocycles. The number of hydrogen-bond donors (Lipinski definition) is 0. The van der Waals surface area contributed by atoms with Crippen molar-refractivity contribution in [2.75, 3.05) is 0 Å². The Bertz CT molecular complexity index is 3330. The van der Waals surface area contributed by atoms with E-state index in [1.165, 1.54) is 0 Å². The zero-order chi connectivity index (χ0) is 38.6. The number of aromatic nitrogens is 3. The molecule has 0 N–H and O–H groups in total. The van der Waals surface area contributed by atoms with Crippen LogP contribution in [-0.2, 0) is 0 Å². The smallest absolute Gasteiger partial charge is 0.160 e. The molecule has 0 amide bonds. The van der Waals surface area contributed by atoms with Gasteiger partial charge in [0.2, 0.25) is 0 Å². The molecule has 0 bridgehead atoms. The van der Waals surface area contributed by atoms with Gasteiger partial charge in [0.05, 0.1) is 34.1 Å². The molecule has 0 radical (unpaired) electrons. The lowest BCUT2D eigenvalue weighted by atomic mass is 9.99. The van der Waals surface area contributed by atoms with Crippen molar-refractivity contribution in [2.24, 2.45) is 0 Å². The van der Waals surface area contributed by atoms with E-state index in [0.29, 0.717) is 11.4 Å². The molecule has 5 nitrogen and oxygen atoms in total. The number of nitriles is 1. The summed E-state index contributed by atoms with van der Waals surface area (Å²) in [5.74, 6) is 0.620. The van der Waals surface area contributed by atoms with Gasteiger partial charge in [-0.05, 0) is 71.3 Å². The van der Waals surface area contributed by atoms with E-state index in [0.717, 1.165) is 99.8 Å². The van der Waals surface area contributed by atoms with Crippen molar-refractivity contribution in [1.29, 1.82) is 5.26 Å². The molecule has 58 heavy (non-hydrogen) atoms. The van der Waals surface area contributed by atoms with Gasteiger partial charge >= 0.3 is 0 Å². The fourth-order valence-corrected chi connectivity index (χ4v) is 8.25. The fraction of sp³-hybridized carbons (Fsp3) is 0. The predicted molar refractivity (Wildman–Crippen MR) is 236 cm³/mol. The van der Waals surface area contributed by atoms with Crippen molar-refractivity contribution in [2.45, 2.75) is 0 Å². The first-order valence-electron chi connectivity index (χ1n) is 19.3. The van der Waals surface area contributed by atoms with Crippen LogP contribution in [0.4, 0.5) is 0 Å². The molecule has 0 saturated heterocycles. The van der Waals surface area contributed by atoms with Crippen LogP contribution in [0.25, 0.3) is 106 Å². The number of benzene rings is 8. The Balaban J connectivity index is 1.17. The standard InChI is InChI=1S/C53H32N4O/c54-33-34-22-24-35(25-23-34)39-28-40(53-55-47(36-12-3-1-4-13-36)32-48(56-53)37-14-5-2-6-15-37)30-41(29-39)57-49-20-9-7-16-43(49)44-27-26-38(31-50(44)57)42-18-11-19-46-45-17-8-10-21-51(45)58-52(42)46/h1-32H. The Morgan fingerprint density at radius 3 is 1.79 bits per heavy atom. The SMILES string of the molecule is N#Cc1ccc(-c2cc(-c3nc(-c4ccccc4)cc(-c4ccccc4)n3)cc(-n3c4ccccc4c4ccc(-c5cccc6c5oc5ccccc56)cc43)c2)cc1. The van der Waals surface area contributed by atoms with Crippen LogP contribution in [0, 0.1) is 11.3 Å². The van der Waals surface area contributed by atoms with Crippen molar-refractivity contribution in [3.63, 3.8) is 0 Å². The summed E-state index contributed by atoms with van der Waals surface area (Å²) in [5.41, 5.74) is 14.2. The van der Waals surface area contributed by atoms with Crippen molar-refractivity contribution in [1.82, 2.24) is 14.5 Å². The van der Waals surface area contributed by atoms with Gasteiger partial charge in [0.15, 0.2) is 5.82 Å². The molecule has 11 aromatic rings. The van der Waals surface area contributed by atoms with Crippen LogP contribution in [0.15, 0.2) is 199 Å². The van der Waals surface area contributed by atoms with E-state index >= 15 is 0 Å². The van der Waals surface area contributed by atoms with Crippen LogP contribution in [-0.4, -0.2) is 14.5 Å². The Labute approximate surface area is 334 Å². The van der Waals surface area contributed by atoms with Gasteiger partial charge in [0, 0.05) is 49.5 Å². The first-order valence-corrected chi connectivity index (χ1v) is 19.3. The van der Waals surface area contributed by atoms with Gasteiger partial charge in [0.25, 0.3) is 0 Å². The highest BCUT2D eigenvalue weighted by Gasteiger charge is 2.19. The average Bonchev–Trinajstić information content (AvgIpc) is 3.85. The third-order valence-corrected chi connectivity index (χ3v) is 11.0. The lowest BCUT2D eigenvalue weighted by molar-refractivity contribution is 0.670. The summed E-state index contributed by atoms with van der Waals surface area (Å²) in [7, 11) is 0. The Morgan fingerprint density at radius 1 is 0.431 bits per heavy atom. The monoisotopic (exact) mass is 740 g/mol. The minimum Gasteiger partial charge on any atom is -0.455 e. The van der Waals surface area contributed by atoms with Crippen molar-refractivity contribution in [3.8, 4) is 67.9 Å². The zero-order valence-corrected chi connectivity index (χ0v) is 31.2. The van der Waals surface area contributed by atoms with E-state index in [-0.39, 0.29) is 0 Å². The predicted octanol–water partition coefficient (Wildman–Crippen LogP) is 13.7. The first kappa shape index (κ1) is 33.3. The van der Waals surface area contributed by atoms with E-state index in [9.17, 15) is 5.26 Å². The Morgan fingerprint density at radius 2 is 1.05 bits per heavy atom. The third kappa shape index (κ3) is 5.63. The van der Waals surface area contributed by atoms with E-state index < -0.39 is 0 Å². The number of hydrogen-bond acceptors (Lipinski definition) is 4. The van der Waals surface area contributed by atoms with Crippen LogP contribution in [0.5, 0.6) is 0 Å². The molecule has 8 aromatic carbocycles. The summed E-state index contributed by atoms with van der Waals surface area (Å²) < 4.78 is 8.86. The summed E-state index contributed by atoms with van der Waals surface area (Å²) in [5, 5.41) is 14.1. The number of furan rings is 1. The van der Waals surface area contributed by atoms with Gasteiger partial charge in [-0.3, -0.25) is 0 Å². The second-order valence-corrected chi connectivity index (χ2v) is 14.5. The van der Waals surface area contributed by atoms with Crippen LogP contribution < -0.4 is 0 Å². The minimum absolute atomic E-state index is 0.612.